The number of hydrogen-bond acceptors (Lipinski definition) is 6. The molecule has 196 valence electrons. The molecule has 0 spiro atoms. The maximum absolute atomic E-state index is 13.2. The van der Waals surface area contributed by atoms with Crippen LogP contribution in [0.4, 0.5) is 0 Å². The molecule has 1 aromatic carbocycles. The molecule has 0 aromatic heterocycles. The predicted octanol–water partition coefficient (Wildman–Crippen LogP) is 3.41. The summed E-state index contributed by atoms with van der Waals surface area (Å²) in [5, 5.41) is 13.8. The van der Waals surface area contributed by atoms with Crippen molar-refractivity contribution in [1.82, 2.24) is 5.32 Å². The molecule has 2 aliphatic rings. The summed E-state index contributed by atoms with van der Waals surface area (Å²) < 4.78 is 10.2. The van der Waals surface area contributed by atoms with Gasteiger partial charge in [0.15, 0.2) is 17.9 Å². The zero-order valence-corrected chi connectivity index (χ0v) is 22.1. The van der Waals surface area contributed by atoms with Gasteiger partial charge >= 0.3 is 0 Å². The highest BCUT2D eigenvalue weighted by molar-refractivity contribution is 6.11. The molecule has 1 saturated heterocycles. The Morgan fingerprint density at radius 2 is 1.81 bits per heavy atom. The van der Waals surface area contributed by atoms with Crippen LogP contribution in [-0.2, 0) is 30.3 Å². The van der Waals surface area contributed by atoms with Crippen LogP contribution < -0.4 is 5.32 Å². The summed E-state index contributed by atoms with van der Waals surface area (Å²) in [7, 11) is 2.91. The number of nitrogens with one attached hydrogen (secondary N) is 1. The molecular weight excluding hydrogens is 458 g/mol. The SMILES string of the molecule is COC(C[C@@](C)(O)C(=O)[C@@H](C)CC=CC1=C2C(=O)N[C@@H](Cc3ccccc3)[C@@H]2[C@H](C)[C@@H](C)C1=O)OC. The van der Waals surface area contributed by atoms with Gasteiger partial charge in [-0.2, -0.15) is 0 Å². The number of allylic oxidation sites excluding steroid dienone is 3. The summed E-state index contributed by atoms with van der Waals surface area (Å²) in [5.74, 6) is -1.32. The molecule has 1 aromatic rings. The van der Waals surface area contributed by atoms with Crippen LogP contribution in [0, 0.1) is 23.7 Å². The number of benzene rings is 1. The van der Waals surface area contributed by atoms with Gasteiger partial charge < -0.3 is 19.9 Å². The molecule has 6 atom stereocenters. The molecule has 0 radical (unpaired) electrons. The van der Waals surface area contributed by atoms with E-state index in [1.807, 2.05) is 44.2 Å². The zero-order chi connectivity index (χ0) is 26.6. The lowest BCUT2D eigenvalue weighted by Gasteiger charge is -2.34. The number of aliphatic hydroxyl groups is 1. The molecule has 7 heteroatoms. The van der Waals surface area contributed by atoms with Crippen LogP contribution in [0.1, 0.15) is 46.1 Å². The van der Waals surface area contributed by atoms with E-state index in [2.05, 4.69) is 5.32 Å². The average molecular weight is 498 g/mol. The first-order valence-corrected chi connectivity index (χ1v) is 12.6. The number of methoxy groups -OCH3 is 2. The number of carbonyl (C=O) groups is 3. The number of rotatable bonds is 11. The summed E-state index contributed by atoms with van der Waals surface area (Å²) >= 11 is 0. The number of hydrogen-bond donors (Lipinski definition) is 2. The lowest BCUT2D eigenvalue weighted by atomic mass is 9.68. The minimum absolute atomic E-state index is 0.0146. The third-order valence-corrected chi connectivity index (χ3v) is 7.79. The third kappa shape index (κ3) is 5.85. The fourth-order valence-corrected chi connectivity index (χ4v) is 5.48. The second-order valence-electron chi connectivity index (χ2n) is 10.4. The third-order valence-electron chi connectivity index (χ3n) is 7.79. The first kappa shape index (κ1) is 28.0. The first-order chi connectivity index (χ1) is 17.0. The average Bonchev–Trinajstić information content (AvgIpc) is 3.18. The van der Waals surface area contributed by atoms with Crippen LogP contribution in [0.5, 0.6) is 0 Å². The van der Waals surface area contributed by atoms with E-state index < -0.39 is 17.8 Å². The Morgan fingerprint density at radius 1 is 1.17 bits per heavy atom. The van der Waals surface area contributed by atoms with Crippen molar-refractivity contribution in [3.05, 3.63) is 59.2 Å². The topological polar surface area (TPSA) is 102 Å². The van der Waals surface area contributed by atoms with Crippen LogP contribution >= 0.6 is 0 Å². The number of amides is 1. The van der Waals surface area contributed by atoms with Gasteiger partial charge in [0.2, 0.25) is 5.91 Å². The van der Waals surface area contributed by atoms with Crippen molar-refractivity contribution in [1.29, 1.82) is 0 Å². The van der Waals surface area contributed by atoms with Crippen molar-refractivity contribution in [2.75, 3.05) is 14.2 Å². The van der Waals surface area contributed by atoms with Gasteiger partial charge in [-0.15, -0.1) is 0 Å². The van der Waals surface area contributed by atoms with Gasteiger partial charge in [0.25, 0.3) is 0 Å². The number of fused-ring (bicyclic) bond motifs is 1. The highest BCUT2D eigenvalue weighted by Gasteiger charge is 2.49. The van der Waals surface area contributed by atoms with Crippen molar-refractivity contribution in [3.8, 4) is 0 Å². The summed E-state index contributed by atoms with van der Waals surface area (Å²) in [6.45, 7) is 7.16. The summed E-state index contributed by atoms with van der Waals surface area (Å²) in [4.78, 5) is 39.2. The highest BCUT2D eigenvalue weighted by Crippen LogP contribution is 2.43. The van der Waals surface area contributed by atoms with Crippen LogP contribution in [0.2, 0.25) is 0 Å². The second-order valence-corrected chi connectivity index (χ2v) is 10.4. The van der Waals surface area contributed by atoms with E-state index in [4.69, 9.17) is 9.47 Å². The zero-order valence-electron chi connectivity index (χ0n) is 22.1. The van der Waals surface area contributed by atoms with E-state index in [1.165, 1.54) is 21.1 Å². The van der Waals surface area contributed by atoms with Gasteiger partial charge in [-0.1, -0.05) is 63.3 Å². The Balaban J connectivity index is 1.79. The Morgan fingerprint density at radius 3 is 2.42 bits per heavy atom. The molecule has 1 aliphatic carbocycles. The molecular formula is C29H39NO6. The van der Waals surface area contributed by atoms with Gasteiger partial charge in [-0.3, -0.25) is 14.4 Å². The lowest BCUT2D eigenvalue weighted by Crippen LogP contribution is -2.42. The number of ketones is 2. The molecule has 3 rings (SSSR count). The van der Waals surface area contributed by atoms with Gasteiger partial charge in [0, 0.05) is 55.6 Å². The van der Waals surface area contributed by atoms with E-state index in [1.54, 1.807) is 19.1 Å². The number of carbonyl (C=O) groups excluding carboxylic acids is 3. The molecule has 1 amide bonds. The Labute approximate surface area is 213 Å². The molecule has 1 heterocycles. The van der Waals surface area contributed by atoms with E-state index in [0.717, 1.165) is 5.56 Å². The van der Waals surface area contributed by atoms with E-state index in [-0.39, 0.29) is 47.7 Å². The van der Waals surface area contributed by atoms with Crippen molar-refractivity contribution < 1.29 is 29.0 Å². The smallest absolute Gasteiger partial charge is 0.248 e. The standard InChI is InChI=1S/C29H39NO6/c1-17(27(32)29(4,34)16-23(35-5)36-6)11-10-14-21-25-24(18(2)19(3)26(21)31)22(30-28(25)33)15-20-12-8-7-9-13-20/h7-10,12-14,17-19,22-24,34H,11,15-16H2,1-6H3,(H,30,33)/t17-,18+,19+,22-,24-,29+/m0/s1. The minimum Gasteiger partial charge on any atom is -0.382 e. The quantitative estimate of drug-likeness (QED) is 0.455. The minimum atomic E-state index is -1.61. The largest absolute Gasteiger partial charge is 0.382 e. The van der Waals surface area contributed by atoms with Crippen molar-refractivity contribution >= 4 is 17.5 Å². The monoisotopic (exact) mass is 497 g/mol. The molecule has 0 saturated carbocycles. The van der Waals surface area contributed by atoms with Gasteiger partial charge in [-0.05, 0) is 31.2 Å². The fourth-order valence-electron chi connectivity index (χ4n) is 5.48. The lowest BCUT2D eigenvalue weighted by molar-refractivity contribution is -0.161. The van der Waals surface area contributed by atoms with Gasteiger partial charge in [0.1, 0.15) is 5.60 Å². The second kappa shape index (κ2) is 11.6. The van der Waals surface area contributed by atoms with Crippen LogP contribution in [-0.4, -0.2) is 54.7 Å². The van der Waals surface area contributed by atoms with E-state index in [9.17, 15) is 19.5 Å². The Kier molecular flexibility index (Phi) is 9.03. The van der Waals surface area contributed by atoms with Crippen molar-refractivity contribution in [2.24, 2.45) is 23.7 Å². The van der Waals surface area contributed by atoms with Gasteiger partial charge in [0.05, 0.1) is 0 Å². The summed E-state index contributed by atoms with van der Waals surface area (Å²) in [6.07, 6.45) is 3.81. The Bertz CT molecular complexity index is 1020. The Hall–Kier alpha value is -2.61. The predicted molar refractivity (Wildman–Crippen MR) is 137 cm³/mol. The van der Waals surface area contributed by atoms with Crippen molar-refractivity contribution in [2.45, 2.75) is 64.9 Å². The molecule has 7 nitrogen and oxygen atoms in total. The van der Waals surface area contributed by atoms with Crippen LogP contribution in [0.3, 0.4) is 0 Å². The first-order valence-electron chi connectivity index (χ1n) is 12.6. The normalized spacial score (nSPS) is 26.8. The van der Waals surface area contributed by atoms with Gasteiger partial charge in [-0.25, -0.2) is 0 Å². The maximum Gasteiger partial charge on any atom is 0.248 e. The molecule has 1 fully saturated rings. The number of ether oxygens (including phenoxy) is 2. The summed E-state index contributed by atoms with van der Waals surface area (Å²) in [5.41, 5.74) is 0.513. The molecule has 0 bridgehead atoms. The van der Waals surface area contributed by atoms with Crippen LogP contribution in [0.25, 0.3) is 0 Å². The van der Waals surface area contributed by atoms with Crippen molar-refractivity contribution in [3.63, 3.8) is 0 Å². The highest BCUT2D eigenvalue weighted by atomic mass is 16.7. The summed E-state index contributed by atoms with van der Waals surface area (Å²) in [6, 6.07) is 9.95. The van der Waals surface area contributed by atoms with E-state index in [0.29, 0.717) is 24.0 Å². The number of Topliss-reactive ketones (excluding diaryl/α,β-unsaturated/α-hetero) is 2. The molecule has 0 unspecified atom stereocenters. The van der Waals surface area contributed by atoms with E-state index >= 15 is 0 Å². The molecule has 36 heavy (non-hydrogen) atoms. The fraction of sp³-hybridized carbons (Fsp3) is 0.552. The van der Waals surface area contributed by atoms with Crippen LogP contribution in [0.15, 0.2) is 53.6 Å². The molecule has 2 N–H and O–H groups in total. The molecule has 1 aliphatic heterocycles. The maximum atomic E-state index is 13.2.